The van der Waals surface area contributed by atoms with Gasteiger partial charge in [0.15, 0.2) is 0 Å². The highest BCUT2D eigenvalue weighted by Gasteiger charge is 2.26. The highest BCUT2D eigenvalue weighted by molar-refractivity contribution is 8.00. The van der Waals surface area contributed by atoms with E-state index in [1.54, 1.807) is 12.1 Å². The van der Waals surface area contributed by atoms with Gasteiger partial charge in [-0.1, -0.05) is 30.8 Å². The van der Waals surface area contributed by atoms with Gasteiger partial charge in [-0.15, -0.1) is 0 Å². The van der Waals surface area contributed by atoms with Crippen LogP contribution in [0.2, 0.25) is 0 Å². The molecule has 31 heavy (non-hydrogen) atoms. The summed E-state index contributed by atoms with van der Waals surface area (Å²) in [7, 11) is 0. The molecule has 1 aromatic carbocycles. The summed E-state index contributed by atoms with van der Waals surface area (Å²) in [5, 5.41) is 22.1. The maximum atomic E-state index is 13.0. The lowest BCUT2D eigenvalue weighted by Crippen LogP contribution is -2.25. The standard InChI is InChI=1S/C23H21N5O2S/c1-4-19(22(29)27-17-10-13(2)7-8-14(17)3)31-23-16(12-25)20(18-6-5-9-30-18)15(11-24)21(26)28-23/h5-10,19H,4H2,1-3H3,(H2,26,28)(H,27,29). The Morgan fingerprint density at radius 3 is 2.61 bits per heavy atom. The molecule has 0 saturated heterocycles. The predicted octanol–water partition coefficient (Wildman–Crippen LogP) is 4.79. The Morgan fingerprint density at radius 2 is 2.00 bits per heavy atom. The van der Waals surface area contributed by atoms with Crippen LogP contribution in [0.5, 0.6) is 0 Å². The number of nitriles is 2. The third-order valence-electron chi connectivity index (χ3n) is 4.75. The van der Waals surface area contributed by atoms with Crippen molar-refractivity contribution in [2.45, 2.75) is 37.5 Å². The highest BCUT2D eigenvalue weighted by atomic mass is 32.2. The van der Waals surface area contributed by atoms with Crippen molar-refractivity contribution in [1.82, 2.24) is 4.98 Å². The monoisotopic (exact) mass is 431 g/mol. The van der Waals surface area contributed by atoms with Gasteiger partial charge in [-0.25, -0.2) is 4.98 Å². The maximum Gasteiger partial charge on any atom is 0.237 e. The maximum absolute atomic E-state index is 13.0. The van der Waals surface area contributed by atoms with Gasteiger partial charge in [0.05, 0.1) is 22.6 Å². The average molecular weight is 432 g/mol. The first-order valence-electron chi connectivity index (χ1n) is 9.61. The second-order valence-corrected chi connectivity index (χ2v) is 8.14. The van der Waals surface area contributed by atoms with Crippen LogP contribution in [0.25, 0.3) is 11.3 Å². The van der Waals surface area contributed by atoms with E-state index in [1.807, 2.05) is 45.0 Å². The predicted molar refractivity (Wildman–Crippen MR) is 120 cm³/mol. The van der Waals surface area contributed by atoms with E-state index in [0.717, 1.165) is 28.6 Å². The van der Waals surface area contributed by atoms with Crippen LogP contribution in [0.1, 0.15) is 35.6 Å². The second-order valence-electron chi connectivity index (χ2n) is 6.95. The molecule has 3 aromatic rings. The lowest BCUT2D eigenvalue weighted by atomic mass is 10.0. The van der Waals surface area contributed by atoms with E-state index in [4.69, 9.17) is 10.2 Å². The van der Waals surface area contributed by atoms with E-state index < -0.39 is 5.25 Å². The largest absolute Gasteiger partial charge is 0.464 e. The van der Waals surface area contributed by atoms with Crippen LogP contribution in [-0.4, -0.2) is 16.1 Å². The normalized spacial score (nSPS) is 11.4. The molecule has 0 aliphatic carbocycles. The van der Waals surface area contributed by atoms with Gasteiger partial charge in [0.2, 0.25) is 5.91 Å². The molecule has 3 rings (SSSR count). The van der Waals surface area contributed by atoms with Crippen molar-refractivity contribution in [3.8, 4) is 23.5 Å². The van der Waals surface area contributed by atoms with Gasteiger partial charge < -0.3 is 15.5 Å². The van der Waals surface area contributed by atoms with E-state index >= 15 is 0 Å². The van der Waals surface area contributed by atoms with Gasteiger partial charge in [-0.05, 0) is 49.6 Å². The molecular weight excluding hydrogens is 410 g/mol. The smallest absolute Gasteiger partial charge is 0.237 e. The number of rotatable bonds is 6. The number of nitrogens with zero attached hydrogens (tertiary/aromatic N) is 3. The number of nitrogen functional groups attached to an aromatic ring is 1. The van der Waals surface area contributed by atoms with E-state index in [-0.39, 0.29) is 33.4 Å². The minimum Gasteiger partial charge on any atom is -0.464 e. The molecule has 0 radical (unpaired) electrons. The summed E-state index contributed by atoms with van der Waals surface area (Å²) in [6.07, 6.45) is 1.96. The zero-order valence-corrected chi connectivity index (χ0v) is 18.2. The van der Waals surface area contributed by atoms with Crippen molar-refractivity contribution in [2.75, 3.05) is 11.1 Å². The number of carbonyl (C=O) groups excluding carboxylic acids is 1. The van der Waals surface area contributed by atoms with E-state index in [9.17, 15) is 15.3 Å². The fourth-order valence-corrected chi connectivity index (χ4v) is 4.11. The van der Waals surface area contributed by atoms with Crippen molar-refractivity contribution in [2.24, 2.45) is 0 Å². The number of pyridine rings is 1. The van der Waals surface area contributed by atoms with Crippen LogP contribution in [-0.2, 0) is 4.79 Å². The third kappa shape index (κ3) is 4.55. The van der Waals surface area contributed by atoms with Gasteiger partial charge in [0.25, 0.3) is 0 Å². The van der Waals surface area contributed by atoms with E-state index in [0.29, 0.717) is 12.2 Å². The zero-order valence-electron chi connectivity index (χ0n) is 17.4. The molecular formula is C23H21N5O2S. The molecule has 1 amide bonds. The molecule has 0 aliphatic rings. The number of nitrogens with two attached hydrogens (primary N) is 1. The first-order chi connectivity index (χ1) is 14.9. The summed E-state index contributed by atoms with van der Waals surface area (Å²) >= 11 is 1.15. The number of aromatic nitrogens is 1. The molecule has 2 aromatic heterocycles. The van der Waals surface area contributed by atoms with Gasteiger partial charge >= 0.3 is 0 Å². The summed E-state index contributed by atoms with van der Waals surface area (Å²) in [4.78, 5) is 17.3. The number of hydrogen-bond donors (Lipinski definition) is 2. The van der Waals surface area contributed by atoms with Crippen LogP contribution >= 0.6 is 11.8 Å². The van der Waals surface area contributed by atoms with Crippen LogP contribution in [0, 0.1) is 36.5 Å². The van der Waals surface area contributed by atoms with Gasteiger partial charge in [-0.2, -0.15) is 10.5 Å². The minimum absolute atomic E-state index is 0.0137. The van der Waals surface area contributed by atoms with E-state index in [1.165, 1.54) is 6.26 Å². The van der Waals surface area contributed by atoms with Crippen LogP contribution < -0.4 is 11.1 Å². The Morgan fingerprint density at radius 1 is 1.26 bits per heavy atom. The molecule has 0 saturated carbocycles. The number of amides is 1. The fourth-order valence-electron chi connectivity index (χ4n) is 3.09. The quantitative estimate of drug-likeness (QED) is 0.537. The van der Waals surface area contributed by atoms with Crippen molar-refractivity contribution in [1.29, 1.82) is 10.5 Å². The molecule has 1 unspecified atom stereocenters. The third-order valence-corrected chi connectivity index (χ3v) is 6.10. The summed E-state index contributed by atoms with van der Waals surface area (Å²) in [5.74, 6) is 0.131. The molecule has 0 fully saturated rings. The Labute approximate surface area is 184 Å². The van der Waals surface area contributed by atoms with Crippen LogP contribution in [0.4, 0.5) is 11.5 Å². The minimum atomic E-state index is -0.517. The van der Waals surface area contributed by atoms with Crippen molar-refractivity contribution >= 4 is 29.2 Å². The van der Waals surface area contributed by atoms with Crippen molar-refractivity contribution < 1.29 is 9.21 Å². The fraction of sp³-hybridized carbons (Fsp3) is 0.217. The Kier molecular flexibility index (Phi) is 6.64. The summed E-state index contributed by atoms with van der Waals surface area (Å²) in [6.45, 7) is 5.77. The molecule has 0 bridgehead atoms. The van der Waals surface area contributed by atoms with Gasteiger partial charge in [0, 0.05) is 5.69 Å². The van der Waals surface area contributed by atoms with Crippen molar-refractivity contribution in [3.05, 3.63) is 58.8 Å². The summed E-state index contributed by atoms with van der Waals surface area (Å²) < 4.78 is 5.42. The molecule has 156 valence electrons. The molecule has 8 heteroatoms. The number of anilines is 2. The number of aryl methyl sites for hydroxylation is 2. The van der Waals surface area contributed by atoms with Gasteiger partial charge in [-0.3, -0.25) is 4.79 Å². The first kappa shape index (κ1) is 21.9. The highest BCUT2D eigenvalue weighted by Crippen LogP contribution is 2.37. The Bertz CT molecular complexity index is 1210. The SMILES string of the molecule is CCC(Sc1nc(N)c(C#N)c(-c2ccco2)c1C#N)C(=O)Nc1cc(C)ccc1C. The Hall–Kier alpha value is -3.75. The average Bonchev–Trinajstić information content (AvgIpc) is 3.28. The van der Waals surface area contributed by atoms with Crippen LogP contribution in [0.3, 0.4) is 0 Å². The summed E-state index contributed by atoms with van der Waals surface area (Å²) in [5.41, 5.74) is 9.27. The topological polar surface area (TPSA) is 129 Å². The molecule has 0 aliphatic heterocycles. The van der Waals surface area contributed by atoms with Crippen molar-refractivity contribution in [3.63, 3.8) is 0 Å². The lowest BCUT2D eigenvalue weighted by molar-refractivity contribution is -0.115. The number of hydrogen-bond acceptors (Lipinski definition) is 7. The van der Waals surface area contributed by atoms with E-state index in [2.05, 4.69) is 16.4 Å². The number of nitrogens with one attached hydrogen (secondary N) is 1. The second kappa shape index (κ2) is 9.38. The summed E-state index contributed by atoms with van der Waals surface area (Å²) in [6, 6.07) is 13.3. The molecule has 0 spiro atoms. The number of thioether (sulfide) groups is 1. The Balaban J connectivity index is 1.99. The van der Waals surface area contributed by atoms with Crippen LogP contribution in [0.15, 0.2) is 46.0 Å². The number of furan rings is 1. The molecule has 7 nitrogen and oxygen atoms in total. The zero-order chi connectivity index (χ0) is 22.5. The lowest BCUT2D eigenvalue weighted by Gasteiger charge is -2.18. The first-order valence-corrected chi connectivity index (χ1v) is 10.5. The number of carbonyl (C=O) groups is 1. The molecule has 1 atom stereocenters. The molecule has 3 N–H and O–H groups in total. The number of benzene rings is 1. The van der Waals surface area contributed by atoms with Gasteiger partial charge in [0.1, 0.15) is 34.3 Å². The molecule has 2 heterocycles.